The van der Waals surface area contributed by atoms with Crippen molar-refractivity contribution in [2.45, 2.75) is 6.92 Å². The van der Waals surface area contributed by atoms with Gasteiger partial charge < -0.3 is 10.1 Å². The summed E-state index contributed by atoms with van der Waals surface area (Å²) in [6, 6.07) is 12.4. The molecular weight excluding hydrogens is 244 g/mol. The first kappa shape index (κ1) is 12.9. The topological polar surface area (TPSA) is 64.4 Å². The Kier molecular flexibility index (Phi) is 3.66. The van der Waals surface area contributed by atoms with Crippen LogP contribution in [0.25, 0.3) is 0 Å². The summed E-state index contributed by atoms with van der Waals surface area (Å²) in [5.41, 5.74) is 1.22. The molecule has 0 unspecified atom stereocenters. The van der Waals surface area contributed by atoms with Crippen molar-refractivity contribution in [2.75, 3.05) is 12.4 Å². The predicted octanol–water partition coefficient (Wildman–Crippen LogP) is 3.74. The van der Waals surface area contributed by atoms with E-state index in [1.54, 1.807) is 20.0 Å². The summed E-state index contributed by atoms with van der Waals surface area (Å²) in [6.45, 7) is 1.79. The zero-order chi connectivity index (χ0) is 13.8. The van der Waals surface area contributed by atoms with Gasteiger partial charge in [0, 0.05) is 18.7 Å². The standard InChI is InChI=1S/C14H14N2O3/c1-10-13(19-11-6-4-3-5-7-11)9-8-12(16(17)18)14(10)15-2/h3-9,15H,1-2H3. The Morgan fingerprint density at radius 1 is 1.16 bits per heavy atom. The Bertz CT molecular complexity index is 597. The highest BCUT2D eigenvalue weighted by molar-refractivity contribution is 5.69. The van der Waals surface area contributed by atoms with Crippen LogP contribution in [0.4, 0.5) is 11.4 Å². The van der Waals surface area contributed by atoms with Crippen molar-refractivity contribution in [2.24, 2.45) is 0 Å². The van der Waals surface area contributed by atoms with E-state index < -0.39 is 4.92 Å². The fourth-order valence-corrected chi connectivity index (χ4v) is 1.87. The van der Waals surface area contributed by atoms with E-state index in [2.05, 4.69) is 5.32 Å². The van der Waals surface area contributed by atoms with E-state index in [-0.39, 0.29) is 5.69 Å². The van der Waals surface area contributed by atoms with Gasteiger partial charge in [0.2, 0.25) is 0 Å². The van der Waals surface area contributed by atoms with Gasteiger partial charge in [-0.1, -0.05) is 18.2 Å². The van der Waals surface area contributed by atoms with Gasteiger partial charge >= 0.3 is 0 Å². The fraction of sp³-hybridized carbons (Fsp3) is 0.143. The van der Waals surface area contributed by atoms with Gasteiger partial charge in [-0.25, -0.2) is 0 Å². The molecule has 0 fully saturated rings. The number of rotatable bonds is 4. The summed E-state index contributed by atoms with van der Waals surface area (Å²) < 4.78 is 5.72. The molecule has 0 aliphatic carbocycles. The quantitative estimate of drug-likeness (QED) is 0.670. The van der Waals surface area contributed by atoms with Crippen LogP contribution in [-0.4, -0.2) is 12.0 Å². The molecule has 5 nitrogen and oxygen atoms in total. The zero-order valence-corrected chi connectivity index (χ0v) is 10.7. The molecule has 19 heavy (non-hydrogen) atoms. The molecular formula is C14H14N2O3. The number of nitrogens with zero attached hydrogens (tertiary/aromatic N) is 1. The van der Waals surface area contributed by atoms with Crippen LogP contribution in [0.2, 0.25) is 0 Å². The van der Waals surface area contributed by atoms with Crippen LogP contribution in [0, 0.1) is 17.0 Å². The van der Waals surface area contributed by atoms with Gasteiger partial charge in [-0.15, -0.1) is 0 Å². The van der Waals surface area contributed by atoms with Crippen molar-refractivity contribution in [3.05, 3.63) is 58.1 Å². The van der Waals surface area contributed by atoms with Gasteiger partial charge in [0.25, 0.3) is 5.69 Å². The highest BCUT2D eigenvalue weighted by atomic mass is 16.6. The molecule has 1 N–H and O–H groups in total. The highest BCUT2D eigenvalue weighted by Crippen LogP contribution is 2.36. The largest absolute Gasteiger partial charge is 0.457 e. The second kappa shape index (κ2) is 5.39. The Labute approximate surface area is 111 Å². The molecule has 0 aromatic heterocycles. The van der Waals surface area contributed by atoms with Gasteiger partial charge in [-0.3, -0.25) is 10.1 Å². The lowest BCUT2D eigenvalue weighted by atomic mass is 10.1. The molecule has 2 rings (SSSR count). The van der Waals surface area contributed by atoms with Crippen LogP contribution in [0.5, 0.6) is 11.5 Å². The average Bonchev–Trinajstić information content (AvgIpc) is 2.41. The average molecular weight is 258 g/mol. The van der Waals surface area contributed by atoms with E-state index in [9.17, 15) is 10.1 Å². The van der Waals surface area contributed by atoms with E-state index >= 15 is 0 Å². The minimum Gasteiger partial charge on any atom is -0.457 e. The lowest BCUT2D eigenvalue weighted by Crippen LogP contribution is -2.00. The van der Waals surface area contributed by atoms with Gasteiger partial charge in [0.1, 0.15) is 17.2 Å². The summed E-state index contributed by atoms with van der Waals surface area (Å²) in [5.74, 6) is 1.29. The Balaban J connectivity index is 2.40. The van der Waals surface area contributed by atoms with Crippen molar-refractivity contribution in [3.63, 3.8) is 0 Å². The molecule has 0 bridgehead atoms. The molecule has 2 aromatic rings. The van der Waals surface area contributed by atoms with Crippen LogP contribution >= 0.6 is 0 Å². The molecule has 98 valence electrons. The van der Waals surface area contributed by atoms with Gasteiger partial charge in [-0.05, 0) is 25.1 Å². The lowest BCUT2D eigenvalue weighted by molar-refractivity contribution is -0.384. The molecule has 0 saturated heterocycles. The number of nitro groups is 1. The maximum absolute atomic E-state index is 10.9. The molecule has 0 heterocycles. The molecule has 0 amide bonds. The number of anilines is 1. The Morgan fingerprint density at radius 2 is 1.84 bits per heavy atom. The minimum atomic E-state index is -0.412. The summed E-state index contributed by atoms with van der Waals surface area (Å²) >= 11 is 0. The third kappa shape index (κ3) is 2.65. The van der Waals surface area contributed by atoms with Gasteiger partial charge in [0.05, 0.1) is 4.92 Å². The van der Waals surface area contributed by atoms with Crippen LogP contribution < -0.4 is 10.1 Å². The Morgan fingerprint density at radius 3 is 2.42 bits per heavy atom. The van der Waals surface area contributed by atoms with Crippen LogP contribution in [0.3, 0.4) is 0 Å². The lowest BCUT2D eigenvalue weighted by Gasteiger charge is -2.12. The molecule has 0 atom stereocenters. The van der Waals surface area contributed by atoms with Gasteiger partial charge in [-0.2, -0.15) is 0 Å². The van der Waals surface area contributed by atoms with E-state index in [0.717, 1.165) is 0 Å². The van der Waals surface area contributed by atoms with Crippen molar-refractivity contribution in [1.82, 2.24) is 0 Å². The van der Waals surface area contributed by atoms with Crippen LogP contribution in [-0.2, 0) is 0 Å². The molecule has 0 spiro atoms. The third-order valence-corrected chi connectivity index (χ3v) is 2.81. The molecule has 2 aromatic carbocycles. The highest BCUT2D eigenvalue weighted by Gasteiger charge is 2.18. The molecule has 0 saturated carbocycles. The molecule has 0 aliphatic rings. The number of benzene rings is 2. The smallest absolute Gasteiger partial charge is 0.292 e. The second-order valence-electron chi connectivity index (χ2n) is 4.01. The molecule has 5 heteroatoms. The normalized spacial score (nSPS) is 10.0. The molecule has 0 aliphatic heterocycles. The van der Waals surface area contributed by atoms with E-state index in [4.69, 9.17) is 4.74 Å². The summed E-state index contributed by atoms with van der Waals surface area (Å²) in [4.78, 5) is 10.5. The number of hydrogen-bond acceptors (Lipinski definition) is 4. The third-order valence-electron chi connectivity index (χ3n) is 2.81. The maximum Gasteiger partial charge on any atom is 0.292 e. The summed E-state index contributed by atoms with van der Waals surface area (Å²) in [7, 11) is 1.65. The number of nitrogens with one attached hydrogen (secondary N) is 1. The van der Waals surface area contributed by atoms with Crippen molar-refractivity contribution < 1.29 is 9.66 Å². The summed E-state index contributed by atoms with van der Waals surface area (Å²) in [5, 5.41) is 13.8. The van der Waals surface area contributed by atoms with Crippen LogP contribution in [0.15, 0.2) is 42.5 Å². The Hall–Kier alpha value is -2.56. The minimum absolute atomic E-state index is 0.0420. The summed E-state index contributed by atoms with van der Waals surface area (Å²) in [6.07, 6.45) is 0. The van der Waals surface area contributed by atoms with Crippen molar-refractivity contribution >= 4 is 11.4 Å². The first-order chi connectivity index (χ1) is 9.13. The number of nitro benzene ring substituents is 1. The second-order valence-corrected chi connectivity index (χ2v) is 4.01. The van der Waals surface area contributed by atoms with E-state index in [1.807, 2.05) is 30.3 Å². The van der Waals surface area contributed by atoms with E-state index in [0.29, 0.717) is 22.7 Å². The first-order valence-corrected chi connectivity index (χ1v) is 5.82. The van der Waals surface area contributed by atoms with Crippen molar-refractivity contribution in [1.29, 1.82) is 0 Å². The maximum atomic E-state index is 10.9. The van der Waals surface area contributed by atoms with E-state index in [1.165, 1.54) is 6.07 Å². The molecule has 0 radical (unpaired) electrons. The fourth-order valence-electron chi connectivity index (χ4n) is 1.87. The SMILES string of the molecule is CNc1c([N+](=O)[O-])ccc(Oc2ccccc2)c1C. The predicted molar refractivity (Wildman–Crippen MR) is 73.9 cm³/mol. The number of para-hydroxylation sites is 1. The zero-order valence-electron chi connectivity index (χ0n) is 10.7. The number of ether oxygens (including phenoxy) is 1. The monoisotopic (exact) mass is 258 g/mol. The van der Waals surface area contributed by atoms with Gasteiger partial charge in [0.15, 0.2) is 0 Å². The first-order valence-electron chi connectivity index (χ1n) is 5.82. The number of hydrogen-bond donors (Lipinski definition) is 1. The van der Waals surface area contributed by atoms with Crippen molar-refractivity contribution in [3.8, 4) is 11.5 Å². The van der Waals surface area contributed by atoms with Crippen LogP contribution in [0.1, 0.15) is 5.56 Å².